The maximum absolute atomic E-state index is 11.4. The largest absolute Gasteiger partial charge is 0.481 e. The molecule has 0 aromatic rings. The number of carboxylic acids is 1. The highest BCUT2D eigenvalue weighted by molar-refractivity contribution is 5.70. The van der Waals surface area contributed by atoms with Gasteiger partial charge in [0.05, 0.1) is 5.92 Å². The molecule has 0 aromatic heterocycles. The number of hydrogen-bond donors (Lipinski definition) is 1. The zero-order valence-electron chi connectivity index (χ0n) is 12.7. The molecule has 1 saturated carbocycles. The van der Waals surface area contributed by atoms with E-state index in [0.29, 0.717) is 23.2 Å². The van der Waals surface area contributed by atoms with E-state index in [9.17, 15) is 9.90 Å². The first-order valence-electron chi connectivity index (χ1n) is 7.48. The van der Waals surface area contributed by atoms with Gasteiger partial charge in [0, 0.05) is 0 Å². The molecule has 0 amide bonds. The van der Waals surface area contributed by atoms with Crippen LogP contribution in [-0.2, 0) is 4.79 Å². The Morgan fingerprint density at radius 2 is 1.94 bits per heavy atom. The second-order valence-corrected chi connectivity index (χ2v) is 7.33. The molecule has 2 heteroatoms. The zero-order valence-corrected chi connectivity index (χ0v) is 12.7. The van der Waals surface area contributed by atoms with Crippen LogP contribution in [0.3, 0.4) is 0 Å². The van der Waals surface area contributed by atoms with Crippen molar-refractivity contribution in [3.63, 3.8) is 0 Å². The van der Waals surface area contributed by atoms with Gasteiger partial charge in [0.2, 0.25) is 0 Å². The van der Waals surface area contributed by atoms with Gasteiger partial charge in [-0.3, -0.25) is 4.79 Å². The van der Waals surface area contributed by atoms with E-state index in [1.54, 1.807) is 0 Å². The molecular weight excluding hydrogens is 224 g/mol. The van der Waals surface area contributed by atoms with E-state index in [0.717, 1.165) is 32.1 Å². The summed E-state index contributed by atoms with van der Waals surface area (Å²) in [4.78, 5) is 11.4. The lowest BCUT2D eigenvalue weighted by molar-refractivity contribution is -0.146. The van der Waals surface area contributed by atoms with Gasteiger partial charge in [-0.25, -0.2) is 0 Å². The third-order valence-electron chi connectivity index (χ3n) is 4.93. The Morgan fingerprint density at radius 3 is 2.39 bits per heavy atom. The van der Waals surface area contributed by atoms with Crippen LogP contribution in [0, 0.1) is 29.1 Å². The fourth-order valence-electron chi connectivity index (χ4n) is 3.32. The van der Waals surface area contributed by atoms with Crippen molar-refractivity contribution in [1.29, 1.82) is 0 Å². The first kappa shape index (κ1) is 15.5. The van der Waals surface area contributed by atoms with Gasteiger partial charge in [0.15, 0.2) is 0 Å². The van der Waals surface area contributed by atoms with Crippen molar-refractivity contribution in [3.8, 4) is 0 Å². The highest BCUT2D eigenvalue weighted by atomic mass is 16.4. The molecule has 0 aromatic carbocycles. The minimum Gasteiger partial charge on any atom is -0.481 e. The Hall–Kier alpha value is -0.530. The summed E-state index contributed by atoms with van der Waals surface area (Å²) in [5.41, 5.74) is 0.317. The van der Waals surface area contributed by atoms with Crippen LogP contribution in [-0.4, -0.2) is 11.1 Å². The Balaban J connectivity index is 2.73. The summed E-state index contributed by atoms with van der Waals surface area (Å²) in [5.74, 6) is 1.04. The highest BCUT2D eigenvalue weighted by Gasteiger charge is 2.39. The van der Waals surface area contributed by atoms with E-state index in [1.807, 2.05) is 0 Å². The lowest BCUT2D eigenvalue weighted by Crippen LogP contribution is -2.36. The molecule has 0 saturated heterocycles. The summed E-state index contributed by atoms with van der Waals surface area (Å²) in [5, 5.41) is 9.38. The Bertz CT molecular complexity index is 277. The molecule has 0 aliphatic heterocycles. The van der Waals surface area contributed by atoms with Gasteiger partial charge >= 0.3 is 5.97 Å². The van der Waals surface area contributed by atoms with Crippen LogP contribution in [0.5, 0.6) is 0 Å². The van der Waals surface area contributed by atoms with Crippen molar-refractivity contribution in [3.05, 3.63) is 0 Å². The van der Waals surface area contributed by atoms with Crippen molar-refractivity contribution < 1.29 is 9.90 Å². The second kappa shape index (κ2) is 6.08. The molecule has 0 heterocycles. The molecule has 4 unspecified atom stereocenters. The topological polar surface area (TPSA) is 37.3 Å². The number of carboxylic acid groups (broad SMARTS) is 1. The summed E-state index contributed by atoms with van der Waals surface area (Å²) < 4.78 is 0. The zero-order chi connectivity index (χ0) is 13.9. The van der Waals surface area contributed by atoms with E-state index in [1.165, 1.54) is 0 Å². The minimum absolute atomic E-state index is 0.0994. The average molecular weight is 254 g/mol. The molecule has 0 spiro atoms. The third-order valence-corrected chi connectivity index (χ3v) is 4.93. The third kappa shape index (κ3) is 4.00. The standard InChI is InChI=1S/C16H30O2/c1-6-11(2)9-12-10-13(16(3,4)5)7-8-14(12)15(17)18/h11-14H,6-10H2,1-5H3,(H,17,18). The van der Waals surface area contributed by atoms with Crippen molar-refractivity contribution >= 4 is 5.97 Å². The monoisotopic (exact) mass is 254 g/mol. The Morgan fingerprint density at radius 1 is 1.33 bits per heavy atom. The van der Waals surface area contributed by atoms with Crippen LogP contribution >= 0.6 is 0 Å². The SMILES string of the molecule is CCC(C)CC1CC(C(C)(C)C)CCC1C(=O)O. The molecule has 1 fully saturated rings. The molecule has 1 rings (SSSR count). The van der Waals surface area contributed by atoms with E-state index in [4.69, 9.17) is 0 Å². The molecule has 0 radical (unpaired) electrons. The van der Waals surface area contributed by atoms with Crippen LogP contribution in [0.15, 0.2) is 0 Å². The minimum atomic E-state index is -0.573. The molecule has 18 heavy (non-hydrogen) atoms. The quantitative estimate of drug-likeness (QED) is 0.797. The number of carbonyl (C=O) groups is 1. The maximum Gasteiger partial charge on any atom is 0.306 e. The number of hydrogen-bond acceptors (Lipinski definition) is 1. The smallest absolute Gasteiger partial charge is 0.306 e. The first-order chi connectivity index (χ1) is 8.25. The van der Waals surface area contributed by atoms with Crippen LogP contribution in [0.25, 0.3) is 0 Å². The fourth-order valence-corrected chi connectivity index (χ4v) is 3.32. The number of rotatable bonds is 4. The van der Waals surface area contributed by atoms with Gasteiger partial charge in [-0.05, 0) is 48.9 Å². The van der Waals surface area contributed by atoms with Crippen LogP contribution in [0.2, 0.25) is 0 Å². The van der Waals surface area contributed by atoms with Gasteiger partial charge in [-0.1, -0.05) is 41.0 Å². The normalized spacial score (nSPS) is 31.1. The lowest BCUT2D eigenvalue weighted by atomic mass is 9.64. The van der Waals surface area contributed by atoms with Crippen molar-refractivity contribution in [2.24, 2.45) is 29.1 Å². The first-order valence-corrected chi connectivity index (χ1v) is 7.48. The predicted octanol–water partition coefficient (Wildman–Crippen LogP) is 4.59. The molecule has 2 nitrogen and oxygen atoms in total. The molecule has 0 bridgehead atoms. The average Bonchev–Trinajstić information content (AvgIpc) is 2.27. The lowest BCUT2D eigenvalue weighted by Gasteiger charge is -2.41. The van der Waals surface area contributed by atoms with Crippen LogP contribution in [0.1, 0.15) is 66.7 Å². The predicted molar refractivity (Wildman–Crippen MR) is 75.5 cm³/mol. The summed E-state index contributed by atoms with van der Waals surface area (Å²) in [6.45, 7) is 11.3. The molecule has 4 atom stereocenters. The molecule has 1 aliphatic carbocycles. The van der Waals surface area contributed by atoms with Gasteiger partial charge in [0.25, 0.3) is 0 Å². The fraction of sp³-hybridized carbons (Fsp3) is 0.938. The van der Waals surface area contributed by atoms with E-state index in [-0.39, 0.29) is 5.92 Å². The molecule has 1 aliphatic rings. The maximum atomic E-state index is 11.4. The summed E-state index contributed by atoms with van der Waals surface area (Å²) in [7, 11) is 0. The van der Waals surface area contributed by atoms with Crippen molar-refractivity contribution in [2.75, 3.05) is 0 Å². The van der Waals surface area contributed by atoms with E-state index < -0.39 is 5.97 Å². The Kier molecular flexibility index (Phi) is 5.24. The second-order valence-electron chi connectivity index (χ2n) is 7.33. The van der Waals surface area contributed by atoms with E-state index in [2.05, 4.69) is 34.6 Å². The Labute approximate surface area is 112 Å². The van der Waals surface area contributed by atoms with Gasteiger partial charge in [0.1, 0.15) is 0 Å². The van der Waals surface area contributed by atoms with Crippen LogP contribution in [0.4, 0.5) is 0 Å². The van der Waals surface area contributed by atoms with Gasteiger partial charge in [-0.2, -0.15) is 0 Å². The summed E-state index contributed by atoms with van der Waals surface area (Å²) in [6, 6.07) is 0. The van der Waals surface area contributed by atoms with Gasteiger partial charge < -0.3 is 5.11 Å². The summed E-state index contributed by atoms with van der Waals surface area (Å²) in [6.07, 6.45) is 5.30. The van der Waals surface area contributed by atoms with Crippen molar-refractivity contribution in [1.82, 2.24) is 0 Å². The van der Waals surface area contributed by atoms with E-state index >= 15 is 0 Å². The van der Waals surface area contributed by atoms with Crippen molar-refractivity contribution in [2.45, 2.75) is 66.7 Å². The van der Waals surface area contributed by atoms with Crippen LogP contribution < -0.4 is 0 Å². The molecular formula is C16H30O2. The molecule has 1 N–H and O–H groups in total. The highest BCUT2D eigenvalue weighted by Crippen LogP contribution is 2.45. The molecule has 106 valence electrons. The summed E-state index contributed by atoms with van der Waals surface area (Å²) >= 11 is 0. The number of aliphatic carboxylic acids is 1. The van der Waals surface area contributed by atoms with Gasteiger partial charge in [-0.15, -0.1) is 0 Å².